The summed E-state index contributed by atoms with van der Waals surface area (Å²) in [5.74, 6) is -0.319. The minimum Gasteiger partial charge on any atom is -0.352 e. The molecule has 0 heterocycles. The molecule has 44 heavy (non-hydrogen) atoms. The van der Waals surface area contributed by atoms with E-state index in [0.717, 1.165) is 52.4 Å². The predicted molar refractivity (Wildman–Crippen MR) is 181 cm³/mol. The Labute approximate surface area is 271 Å². The lowest BCUT2D eigenvalue weighted by molar-refractivity contribution is -0.141. The maximum Gasteiger partial charge on any atom is 0.243 e. The number of hydrogen-bond acceptors (Lipinski definition) is 4. The van der Waals surface area contributed by atoms with E-state index in [1.807, 2.05) is 86.6 Å². The van der Waals surface area contributed by atoms with Gasteiger partial charge in [-0.3, -0.25) is 13.9 Å². The number of nitrogens with one attached hydrogen (secondary N) is 1. The Balaban J connectivity index is 1.59. The van der Waals surface area contributed by atoms with Crippen LogP contribution in [0, 0.1) is 13.8 Å². The van der Waals surface area contributed by atoms with Crippen LogP contribution < -0.4 is 9.62 Å². The third-order valence-corrected chi connectivity index (χ3v) is 9.86. The highest BCUT2D eigenvalue weighted by molar-refractivity contribution is 9.10. The zero-order chi connectivity index (χ0) is 31.7. The molecule has 0 unspecified atom stereocenters. The fraction of sp³-hybridized carbons (Fsp3) is 0.429. The molecular weight excluding hydrogens is 638 g/mol. The van der Waals surface area contributed by atoms with Crippen LogP contribution in [0.4, 0.5) is 5.69 Å². The third-order valence-electron chi connectivity index (χ3n) is 8.14. The lowest BCUT2D eigenvalue weighted by Gasteiger charge is -2.34. The summed E-state index contributed by atoms with van der Waals surface area (Å²) in [6, 6.07) is 22.7. The summed E-state index contributed by atoms with van der Waals surface area (Å²) in [7, 11) is -3.57. The van der Waals surface area contributed by atoms with Gasteiger partial charge in [-0.15, -0.1) is 0 Å². The summed E-state index contributed by atoms with van der Waals surface area (Å²) in [4.78, 5) is 29.7. The van der Waals surface area contributed by atoms with E-state index in [9.17, 15) is 18.0 Å². The van der Waals surface area contributed by atoms with E-state index >= 15 is 0 Å². The first kappa shape index (κ1) is 33.7. The molecule has 1 aliphatic carbocycles. The first-order chi connectivity index (χ1) is 21.0. The molecule has 236 valence electrons. The smallest absolute Gasteiger partial charge is 0.243 e. The largest absolute Gasteiger partial charge is 0.352 e. The van der Waals surface area contributed by atoms with E-state index in [0.29, 0.717) is 18.5 Å². The van der Waals surface area contributed by atoms with Crippen LogP contribution in [0.1, 0.15) is 67.2 Å². The van der Waals surface area contributed by atoms with Crippen LogP contribution in [0.15, 0.2) is 77.3 Å². The van der Waals surface area contributed by atoms with Crippen molar-refractivity contribution in [2.24, 2.45) is 0 Å². The van der Waals surface area contributed by atoms with Crippen LogP contribution >= 0.6 is 15.9 Å². The Morgan fingerprint density at radius 2 is 1.55 bits per heavy atom. The zero-order valence-corrected chi connectivity index (χ0v) is 28.4. The highest BCUT2D eigenvalue weighted by Gasteiger charge is 2.32. The lowest BCUT2D eigenvalue weighted by atomic mass is 9.94. The van der Waals surface area contributed by atoms with E-state index in [-0.39, 0.29) is 37.4 Å². The first-order valence-corrected chi connectivity index (χ1v) is 18.1. The Kier molecular flexibility index (Phi) is 12.0. The van der Waals surface area contributed by atoms with E-state index in [1.165, 1.54) is 17.0 Å². The van der Waals surface area contributed by atoms with E-state index < -0.39 is 16.1 Å². The summed E-state index contributed by atoms with van der Waals surface area (Å²) in [6.07, 6.45) is 7.26. The second kappa shape index (κ2) is 15.7. The average molecular weight is 683 g/mol. The molecule has 0 aromatic heterocycles. The minimum atomic E-state index is -3.57. The Morgan fingerprint density at radius 1 is 0.909 bits per heavy atom. The molecule has 9 heteroatoms. The lowest BCUT2D eigenvalue weighted by Crippen LogP contribution is -2.52. The number of nitrogens with zero attached hydrogens (tertiary/aromatic N) is 2. The minimum absolute atomic E-state index is 0.106. The molecule has 0 bridgehead atoms. The molecule has 3 aromatic carbocycles. The molecule has 0 radical (unpaired) electrons. The van der Waals surface area contributed by atoms with Crippen LogP contribution in [0.2, 0.25) is 0 Å². The van der Waals surface area contributed by atoms with Crippen molar-refractivity contribution in [2.75, 3.05) is 17.1 Å². The highest BCUT2D eigenvalue weighted by Crippen LogP contribution is 2.24. The molecular formula is C35H44BrN3O4S. The summed E-state index contributed by atoms with van der Waals surface area (Å²) in [5, 5.41) is 3.27. The molecule has 1 saturated carbocycles. The van der Waals surface area contributed by atoms with Crippen LogP contribution in [-0.2, 0) is 32.6 Å². The maximum absolute atomic E-state index is 14.1. The molecule has 2 amide bonds. The monoisotopic (exact) mass is 681 g/mol. The van der Waals surface area contributed by atoms with E-state index in [4.69, 9.17) is 0 Å². The fourth-order valence-corrected chi connectivity index (χ4v) is 7.20. The molecule has 0 spiro atoms. The van der Waals surface area contributed by atoms with Gasteiger partial charge in [0.15, 0.2) is 0 Å². The molecule has 1 fully saturated rings. The summed E-state index contributed by atoms with van der Waals surface area (Å²) in [6.45, 7) is 4.31. The van der Waals surface area contributed by atoms with Crippen molar-refractivity contribution in [1.29, 1.82) is 0 Å². The summed E-state index contributed by atoms with van der Waals surface area (Å²) >= 11 is 3.49. The average Bonchev–Trinajstić information content (AvgIpc) is 2.98. The second-order valence-electron chi connectivity index (χ2n) is 12.0. The van der Waals surface area contributed by atoms with Gasteiger partial charge in [0.25, 0.3) is 0 Å². The number of rotatable bonds is 13. The van der Waals surface area contributed by atoms with Crippen LogP contribution in [-0.4, -0.2) is 50.0 Å². The molecule has 0 aliphatic heterocycles. The predicted octanol–water partition coefficient (Wildman–Crippen LogP) is 6.70. The summed E-state index contributed by atoms with van der Waals surface area (Å²) < 4.78 is 27.9. The number of carbonyl (C=O) groups is 2. The zero-order valence-electron chi connectivity index (χ0n) is 26.0. The van der Waals surface area contributed by atoms with Gasteiger partial charge in [0, 0.05) is 36.4 Å². The molecule has 4 rings (SSSR count). The number of aryl methyl sites for hydroxylation is 2. The number of benzene rings is 3. The number of amides is 2. The van der Waals surface area contributed by atoms with Crippen molar-refractivity contribution in [2.45, 2.75) is 83.8 Å². The van der Waals surface area contributed by atoms with Gasteiger partial charge in [-0.2, -0.15) is 0 Å². The van der Waals surface area contributed by atoms with Crippen molar-refractivity contribution in [1.82, 2.24) is 10.2 Å². The number of hydrogen-bond donors (Lipinski definition) is 1. The van der Waals surface area contributed by atoms with Gasteiger partial charge >= 0.3 is 0 Å². The van der Waals surface area contributed by atoms with Gasteiger partial charge < -0.3 is 10.2 Å². The standard InChI is InChI=1S/C35H44BrN3O4S/c1-26-21-27(2)23-32(22-26)39(44(3,42)43)20-10-15-34(40)38(25-29-16-18-30(36)19-17-29)33(24-28-11-6-4-7-12-28)35(41)37-31-13-8-5-9-14-31/h4,6-7,11-12,16-19,21-23,31,33H,5,8-10,13-15,20,24-25H2,1-3H3,(H,37,41)/t33-/m1/s1. The quantitative estimate of drug-likeness (QED) is 0.218. The Bertz CT molecular complexity index is 1490. The Hall–Kier alpha value is -3.17. The van der Waals surface area contributed by atoms with Gasteiger partial charge in [-0.25, -0.2) is 8.42 Å². The van der Waals surface area contributed by atoms with Crippen molar-refractivity contribution >= 4 is 43.5 Å². The number of halogens is 1. The number of anilines is 1. The van der Waals surface area contributed by atoms with Crippen molar-refractivity contribution in [3.8, 4) is 0 Å². The molecule has 7 nitrogen and oxygen atoms in total. The number of carbonyl (C=O) groups excluding carboxylic acids is 2. The van der Waals surface area contributed by atoms with Crippen molar-refractivity contribution in [3.63, 3.8) is 0 Å². The molecule has 1 aliphatic rings. The van der Waals surface area contributed by atoms with Gasteiger partial charge in [-0.1, -0.05) is 83.7 Å². The fourth-order valence-electron chi connectivity index (χ4n) is 5.98. The van der Waals surface area contributed by atoms with Crippen molar-refractivity contribution < 1.29 is 18.0 Å². The molecule has 1 atom stereocenters. The SMILES string of the molecule is Cc1cc(C)cc(N(CCCC(=O)N(Cc2ccc(Br)cc2)[C@H](Cc2ccccc2)C(=O)NC2CCCCC2)S(C)(=O)=O)c1. The van der Waals surface area contributed by atoms with Crippen LogP contribution in [0.3, 0.4) is 0 Å². The second-order valence-corrected chi connectivity index (χ2v) is 14.8. The third kappa shape index (κ3) is 9.92. The van der Waals surface area contributed by atoms with Gasteiger partial charge in [-0.05, 0) is 79.6 Å². The first-order valence-electron chi connectivity index (χ1n) is 15.4. The van der Waals surface area contributed by atoms with Gasteiger partial charge in [0.2, 0.25) is 21.8 Å². The van der Waals surface area contributed by atoms with Crippen LogP contribution in [0.25, 0.3) is 0 Å². The van der Waals surface area contributed by atoms with E-state index in [2.05, 4.69) is 21.2 Å². The topological polar surface area (TPSA) is 86.8 Å². The van der Waals surface area contributed by atoms with E-state index in [1.54, 1.807) is 4.90 Å². The summed E-state index contributed by atoms with van der Waals surface area (Å²) in [5.41, 5.74) is 4.43. The molecule has 1 N–H and O–H groups in total. The van der Waals surface area contributed by atoms with Gasteiger partial charge in [0.05, 0.1) is 11.9 Å². The van der Waals surface area contributed by atoms with Crippen molar-refractivity contribution in [3.05, 3.63) is 99.5 Å². The van der Waals surface area contributed by atoms with Crippen LogP contribution in [0.5, 0.6) is 0 Å². The van der Waals surface area contributed by atoms with Gasteiger partial charge in [0.1, 0.15) is 6.04 Å². The maximum atomic E-state index is 14.1. The normalized spacial score (nSPS) is 14.5. The number of sulfonamides is 1. The Morgan fingerprint density at radius 3 is 2.16 bits per heavy atom. The molecule has 3 aromatic rings. The highest BCUT2D eigenvalue weighted by atomic mass is 79.9. The molecule has 0 saturated heterocycles.